The fourth-order valence-electron chi connectivity index (χ4n) is 7.23. The zero-order valence-corrected chi connectivity index (χ0v) is 26.8. The Morgan fingerprint density at radius 2 is 0.920 bits per heavy atom. The van der Waals surface area contributed by atoms with E-state index in [0.29, 0.717) is 17.5 Å². The van der Waals surface area contributed by atoms with E-state index >= 15 is 0 Å². The molecule has 0 bridgehead atoms. The average molecular weight is 638 g/mol. The zero-order valence-electron chi connectivity index (χ0n) is 26.8. The molecule has 7 aromatic carbocycles. The average Bonchev–Trinajstić information content (AvgIpc) is 3.20. The zero-order chi connectivity index (χ0) is 33.0. The van der Waals surface area contributed by atoms with E-state index in [1.807, 2.05) is 72.9 Å². The first-order valence-corrected chi connectivity index (χ1v) is 16.7. The Balaban J connectivity index is 1.26. The van der Waals surface area contributed by atoms with E-state index in [4.69, 9.17) is 24.9 Å². The molecule has 0 aliphatic rings. The summed E-state index contributed by atoms with van der Waals surface area (Å²) in [5, 5.41) is 8.91. The van der Waals surface area contributed by atoms with Gasteiger partial charge in [-0.1, -0.05) is 140 Å². The molecule has 232 valence electrons. The molecule has 0 saturated heterocycles. The first-order valence-electron chi connectivity index (χ1n) is 16.7. The van der Waals surface area contributed by atoms with Crippen LogP contribution < -0.4 is 0 Å². The van der Waals surface area contributed by atoms with E-state index in [2.05, 4.69) is 91.0 Å². The van der Waals surface area contributed by atoms with Gasteiger partial charge in [-0.15, -0.1) is 0 Å². The molecule has 0 fully saturated rings. The Hall–Kier alpha value is -6.85. The van der Waals surface area contributed by atoms with Gasteiger partial charge in [0.05, 0.1) is 16.7 Å². The molecule has 0 saturated carbocycles. The third-order valence-electron chi connectivity index (χ3n) is 9.54. The lowest BCUT2D eigenvalue weighted by molar-refractivity contribution is 1.08. The van der Waals surface area contributed by atoms with E-state index in [9.17, 15) is 0 Å². The Kier molecular flexibility index (Phi) is 6.42. The molecule has 50 heavy (non-hydrogen) atoms. The van der Waals surface area contributed by atoms with Crippen LogP contribution in [0.4, 0.5) is 0 Å². The molecule has 0 spiro atoms. The van der Waals surface area contributed by atoms with Gasteiger partial charge >= 0.3 is 0 Å². The molecule has 0 amide bonds. The Labute approximate surface area is 287 Å². The summed E-state index contributed by atoms with van der Waals surface area (Å²) in [6.07, 6.45) is 1.88. The smallest absolute Gasteiger partial charge is 0.164 e. The van der Waals surface area contributed by atoms with E-state index < -0.39 is 0 Å². The van der Waals surface area contributed by atoms with Crippen LogP contribution in [-0.4, -0.2) is 24.9 Å². The van der Waals surface area contributed by atoms with Gasteiger partial charge in [0.2, 0.25) is 0 Å². The predicted molar refractivity (Wildman–Crippen MR) is 205 cm³/mol. The number of pyridine rings is 2. The third-order valence-corrected chi connectivity index (χ3v) is 9.54. The molecule has 0 aliphatic heterocycles. The van der Waals surface area contributed by atoms with Gasteiger partial charge < -0.3 is 0 Å². The molecular formula is C45H27N5. The van der Waals surface area contributed by atoms with Crippen molar-refractivity contribution >= 4 is 54.1 Å². The van der Waals surface area contributed by atoms with Crippen LogP contribution in [0.3, 0.4) is 0 Å². The number of fused-ring (bicyclic) bond motifs is 8. The summed E-state index contributed by atoms with van der Waals surface area (Å²) in [5.41, 5.74) is 6.74. The lowest BCUT2D eigenvalue weighted by Crippen LogP contribution is -2.01. The summed E-state index contributed by atoms with van der Waals surface area (Å²) in [6.45, 7) is 0. The second-order valence-electron chi connectivity index (χ2n) is 12.4. The van der Waals surface area contributed by atoms with Crippen molar-refractivity contribution in [1.82, 2.24) is 24.9 Å². The van der Waals surface area contributed by atoms with Gasteiger partial charge in [-0.3, -0.25) is 4.98 Å². The normalized spacial score (nSPS) is 11.6. The van der Waals surface area contributed by atoms with Gasteiger partial charge in [-0.25, -0.2) is 19.9 Å². The van der Waals surface area contributed by atoms with Gasteiger partial charge in [-0.2, -0.15) is 0 Å². The first-order chi connectivity index (χ1) is 24.8. The van der Waals surface area contributed by atoms with E-state index in [1.165, 1.54) is 0 Å². The standard InChI is InChI=1S/C45H27N5/c1-3-12-30(13-4-1)43-48-44(31-14-5-2-6-15-31)50-45(49-43)35-26-25-34(32-17-7-8-18-33(32)35)42-37-24-23-28-21-22-29-16-11-27-46-41(29)39(28)40(37)36-19-9-10-20-38(36)47-42/h1-27H. The minimum absolute atomic E-state index is 0.625. The van der Waals surface area contributed by atoms with Gasteiger partial charge in [0.25, 0.3) is 0 Å². The number of aromatic nitrogens is 5. The van der Waals surface area contributed by atoms with Crippen LogP contribution in [0.1, 0.15) is 0 Å². The summed E-state index contributed by atoms with van der Waals surface area (Å²) < 4.78 is 0. The van der Waals surface area contributed by atoms with Crippen molar-refractivity contribution in [3.05, 3.63) is 164 Å². The van der Waals surface area contributed by atoms with E-state index in [0.717, 1.165) is 82.1 Å². The maximum absolute atomic E-state index is 5.36. The summed E-state index contributed by atoms with van der Waals surface area (Å²) >= 11 is 0. The number of hydrogen-bond acceptors (Lipinski definition) is 5. The second kappa shape index (κ2) is 11.4. The number of hydrogen-bond donors (Lipinski definition) is 0. The highest BCUT2D eigenvalue weighted by molar-refractivity contribution is 6.28. The van der Waals surface area contributed by atoms with Crippen LogP contribution in [0.5, 0.6) is 0 Å². The number of nitrogens with zero attached hydrogens (tertiary/aromatic N) is 5. The maximum atomic E-state index is 5.36. The lowest BCUT2D eigenvalue weighted by Gasteiger charge is -2.16. The highest BCUT2D eigenvalue weighted by atomic mass is 15.0. The number of benzene rings is 7. The molecular weight excluding hydrogens is 611 g/mol. The maximum Gasteiger partial charge on any atom is 0.164 e. The Bertz CT molecular complexity index is 2860. The van der Waals surface area contributed by atoms with Gasteiger partial charge in [-0.05, 0) is 34.4 Å². The topological polar surface area (TPSA) is 64.5 Å². The predicted octanol–water partition coefficient (Wildman–Crippen LogP) is 11.1. The van der Waals surface area contributed by atoms with Crippen molar-refractivity contribution < 1.29 is 0 Å². The molecule has 5 nitrogen and oxygen atoms in total. The van der Waals surface area contributed by atoms with E-state index in [1.54, 1.807) is 0 Å². The van der Waals surface area contributed by atoms with Crippen LogP contribution in [0, 0.1) is 0 Å². The largest absolute Gasteiger partial charge is 0.256 e. The summed E-state index contributed by atoms with van der Waals surface area (Å²) in [7, 11) is 0. The number of rotatable bonds is 4. The van der Waals surface area contributed by atoms with Crippen LogP contribution in [0.25, 0.3) is 99.5 Å². The molecule has 0 N–H and O–H groups in total. The molecule has 0 aliphatic carbocycles. The fraction of sp³-hybridized carbons (Fsp3) is 0. The second-order valence-corrected chi connectivity index (χ2v) is 12.4. The highest BCUT2D eigenvalue weighted by Crippen LogP contribution is 2.42. The van der Waals surface area contributed by atoms with Crippen molar-refractivity contribution in [2.24, 2.45) is 0 Å². The van der Waals surface area contributed by atoms with Crippen LogP contribution in [0.15, 0.2) is 164 Å². The molecule has 0 radical (unpaired) electrons. The Morgan fingerprint density at radius 1 is 0.340 bits per heavy atom. The molecule has 10 aromatic rings. The molecule has 0 unspecified atom stereocenters. The van der Waals surface area contributed by atoms with Crippen molar-refractivity contribution in [1.29, 1.82) is 0 Å². The van der Waals surface area contributed by atoms with E-state index in [-0.39, 0.29) is 0 Å². The summed E-state index contributed by atoms with van der Waals surface area (Å²) in [5.74, 6) is 1.90. The van der Waals surface area contributed by atoms with Crippen LogP contribution >= 0.6 is 0 Å². The quantitative estimate of drug-likeness (QED) is 0.180. The monoisotopic (exact) mass is 637 g/mol. The van der Waals surface area contributed by atoms with Crippen LogP contribution in [-0.2, 0) is 0 Å². The summed E-state index contributed by atoms with van der Waals surface area (Å²) in [4.78, 5) is 25.3. The Morgan fingerprint density at radius 3 is 1.66 bits per heavy atom. The van der Waals surface area contributed by atoms with Crippen LogP contribution in [0.2, 0.25) is 0 Å². The van der Waals surface area contributed by atoms with Gasteiger partial charge in [0.15, 0.2) is 17.5 Å². The van der Waals surface area contributed by atoms with Crippen molar-refractivity contribution in [2.75, 3.05) is 0 Å². The third kappa shape index (κ3) is 4.52. The van der Waals surface area contributed by atoms with Gasteiger partial charge in [0.1, 0.15) is 0 Å². The minimum Gasteiger partial charge on any atom is -0.256 e. The first kappa shape index (κ1) is 28.2. The molecule has 3 heterocycles. The SMILES string of the molecule is c1ccc(-c2nc(-c3ccccc3)nc(-c3ccc(-c4nc5ccccc5c5c4ccc4ccc6cccnc6c45)c4ccccc34)n2)cc1. The molecule has 3 aromatic heterocycles. The fourth-order valence-corrected chi connectivity index (χ4v) is 7.23. The minimum atomic E-state index is 0.625. The lowest BCUT2D eigenvalue weighted by atomic mass is 9.91. The molecule has 0 atom stereocenters. The molecule has 10 rings (SSSR count). The van der Waals surface area contributed by atoms with Crippen molar-refractivity contribution in [3.63, 3.8) is 0 Å². The summed E-state index contributed by atoms with van der Waals surface area (Å²) in [6, 6.07) is 54.3. The molecule has 5 heteroatoms. The number of para-hydroxylation sites is 1. The van der Waals surface area contributed by atoms with Crippen molar-refractivity contribution in [2.45, 2.75) is 0 Å². The van der Waals surface area contributed by atoms with Crippen molar-refractivity contribution in [3.8, 4) is 45.4 Å². The van der Waals surface area contributed by atoms with Gasteiger partial charge in [0, 0.05) is 55.4 Å². The highest BCUT2D eigenvalue weighted by Gasteiger charge is 2.20.